The molecule has 0 unspecified atom stereocenters. The van der Waals surface area contributed by atoms with E-state index in [1.807, 2.05) is 18.2 Å². The van der Waals surface area contributed by atoms with Gasteiger partial charge in [-0.15, -0.1) is 0 Å². The molecule has 2 N–H and O–H groups in total. The van der Waals surface area contributed by atoms with Crippen molar-refractivity contribution in [3.63, 3.8) is 0 Å². The summed E-state index contributed by atoms with van der Waals surface area (Å²) in [7, 11) is 1.60. The molecular formula is C21H24NO3+. The third-order valence-corrected chi connectivity index (χ3v) is 4.62. The van der Waals surface area contributed by atoms with Crippen LogP contribution in [0.2, 0.25) is 0 Å². The fourth-order valence-corrected chi connectivity index (χ4v) is 3.21. The van der Waals surface area contributed by atoms with Crippen LogP contribution in [-0.4, -0.2) is 13.7 Å². The Labute approximate surface area is 147 Å². The maximum atomic E-state index is 11.9. The van der Waals surface area contributed by atoms with Crippen molar-refractivity contribution >= 4 is 11.0 Å². The lowest BCUT2D eigenvalue weighted by Gasteiger charge is -2.14. The first-order chi connectivity index (χ1) is 12.2. The van der Waals surface area contributed by atoms with Crippen LogP contribution in [0, 0.1) is 0 Å². The Hall–Kier alpha value is -2.59. The van der Waals surface area contributed by atoms with Crippen molar-refractivity contribution in [3.05, 3.63) is 76.1 Å². The standard InChI is InChI=1S/C21H23NO3/c1-3-15(16-7-5-4-6-8-16)13-22-14-17-11-21(23)25-20-12-18(24-2)9-10-19(17)20/h4-12,15,22H,3,13-14H2,1-2H3/p+1/t15-/m1/s1. The van der Waals surface area contributed by atoms with Crippen LogP contribution in [0.3, 0.4) is 0 Å². The molecule has 0 amide bonds. The van der Waals surface area contributed by atoms with Gasteiger partial charge in [-0.2, -0.15) is 0 Å². The van der Waals surface area contributed by atoms with E-state index in [4.69, 9.17) is 9.15 Å². The van der Waals surface area contributed by atoms with E-state index in [1.165, 1.54) is 5.56 Å². The van der Waals surface area contributed by atoms with Gasteiger partial charge in [0.15, 0.2) is 0 Å². The zero-order chi connectivity index (χ0) is 17.6. The second-order valence-corrected chi connectivity index (χ2v) is 6.20. The molecule has 1 aromatic heterocycles. The van der Waals surface area contributed by atoms with Crippen LogP contribution in [0.25, 0.3) is 11.0 Å². The Kier molecular flexibility index (Phi) is 5.51. The molecule has 4 heteroatoms. The summed E-state index contributed by atoms with van der Waals surface area (Å²) in [5.74, 6) is 1.19. The van der Waals surface area contributed by atoms with Gasteiger partial charge in [0.25, 0.3) is 0 Å². The normalized spacial score (nSPS) is 12.2. The molecule has 0 radical (unpaired) electrons. The maximum absolute atomic E-state index is 11.9. The Morgan fingerprint density at radius 3 is 2.64 bits per heavy atom. The molecule has 0 aliphatic rings. The molecule has 130 valence electrons. The summed E-state index contributed by atoms with van der Waals surface area (Å²) in [5, 5.41) is 3.23. The summed E-state index contributed by atoms with van der Waals surface area (Å²) >= 11 is 0. The lowest BCUT2D eigenvalue weighted by atomic mass is 9.96. The first-order valence-corrected chi connectivity index (χ1v) is 8.68. The molecule has 0 bridgehead atoms. The number of benzene rings is 2. The van der Waals surface area contributed by atoms with Gasteiger partial charge < -0.3 is 14.5 Å². The van der Waals surface area contributed by atoms with E-state index in [0.29, 0.717) is 17.3 Å². The molecule has 0 aliphatic carbocycles. The van der Waals surface area contributed by atoms with E-state index in [0.717, 1.165) is 30.5 Å². The summed E-state index contributed by atoms with van der Waals surface area (Å²) in [6, 6.07) is 17.8. The molecule has 3 rings (SSSR count). The third-order valence-electron chi connectivity index (χ3n) is 4.62. The minimum Gasteiger partial charge on any atom is -0.497 e. The molecule has 0 fully saturated rings. The van der Waals surface area contributed by atoms with Crippen molar-refractivity contribution < 1.29 is 14.5 Å². The molecule has 0 saturated heterocycles. The number of hydrogen-bond acceptors (Lipinski definition) is 3. The molecular weight excluding hydrogens is 314 g/mol. The quantitative estimate of drug-likeness (QED) is 0.674. The lowest BCUT2D eigenvalue weighted by molar-refractivity contribution is -0.672. The molecule has 0 spiro atoms. The molecule has 1 atom stereocenters. The van der Waals surface area contributed by atoms with E-state index in [2.05, 4.69) is 36.5 Å². The van der Waals surface area contributed by atoms with Crippen LogP contribution in [-0.2, 0) is 6.54 Å². The number of methoxy groups -OCH3 is 1. The fraction of sp³-hybridized carbons (Fsp3) is 0.286. The van der Waals surface area contributed by atoms with E-state index in [1.54, 1.807) is 19.2 Å². The van der Waals surface area contributed by atoms with Crippen LogP contribution in [0.4, 0.5) is 0 Å². The molecule has 2 aromatic carbocycles. The van der Waals surface area contributed by atoms with Crippen molar-refractivity contribution in [2.75, 3.05) is 13.7 Å². The van der Waals surface area contributed by atoms with Gasteiger partial charge in [-0.05, 0) is 24.1 Å². The number of hydrogen-bond donors (Lipinski definition) is 1. The van der Waals surface area contributed by atoms with Crippen molar-refractivity contribution in [1.82, 2.24) is 0 Å². The lowest BCUT2D eigenvalue weighted by Crippen LogP contribution is -2.83. The van der Waals surface area contributed by atoms with Crippen LogP contribution in [0.5, 0.6) is 5.75 Å². The summed E-state index contributed by atoms with van der Waals surface area (Å²) in [4.78, 5) is 11.9. The monoisotopic (exact) mass is 338 g/mol. The van der Waals surface area contributed by atoms with Crippen molar-refractivity contribution in [2.45, 2.75) is 25.8 Å². The summed E-state index contributed by atoms with van der Waals surface area (Å²) < 4.78 is 10.5. The number of rotatable bonds is 7. The predicted molar refractivity (Wildman–Crippen MR) is 99.0 cm³/mol. The van der Waals surface area contributed by atoms with E-state index in [-0.39, 0.29) is 5.63 Å². The third kappa shape index (κ3) is 4.09. The topological polar surface area (TPSA) is 56.0 Å². The van der Waals surface area contributed by atoms with Gasteiger partial charge in [0.05, 0.1) is 13.7 Å². The largest absolute Gasteiger partial charge is 0.497 e. The summed E-state index contributed by atoms with van der Waals surface area (Å²) in [5.41, 5.74) is 2.62. The van der Waals surface area contributed by atoms with E-state index in [9.17, 15) is 4.79 Å². The summed E-state index contributed by atoms with van der Waals surface area (Å²) in [6.45, 7) is 3.94. The Morgan fingerprint density at radius 1 is 1.12 bits per heavy atom. The molecule has 25 heavy (non-hydrogen) atoms. The predicted octanol–water partition coefficient (Wildman–Crippen LogP) is 3.06. The second-order valence-electron chi connectivity index (χ2n) is 6.20. The first kappa shape index (κ1) is 17.2. The average Bonchev–Trinajstić information content (AvgIpc) is 2.65. The molecule has 0 saturated carbocycles. The highest BCUT2D eigenvalue weighted by Gasteiger charge is 2.13. The van der Waals surface area contributed by atoms with Gasteiger partial charge in [0.1, 0.15) is 17.9 Å². The smallest absolute Gasteiger partial charge is 0.336 e. The van der Waals surface area contributed by atoms with Crippen LogP contribution in [0.1, 0.15) is 30.4 Å². The fourth-order valence-electron chi connectivity index (χ4n) is 3.21. The zero-order valence-electron chi connectivity index (χ0n) is 14.7. The van der Waals surface area contributed by atoms with Gasteiger partial charge in [0.2, 0.25) is 0 Å². The van der Waals surface area contributed by atoms with E-state index >= 15 is 0 Å². The highest BCUT2D eigenvalue weighted by molar-refractivity contribution is 5.81. The minimum absolute atomic E-state index is 0.320. The minimum atomic E-state index is -0.320. The Balaban J connectivity index is 1.75. The number of ether oxygens (including phenoxy) is 1. The first-order valence-electron chi connectivity index (χ1n) is 8.68. The van der Waals surface area contributed by atoms with Crippen LogP contribution >= 0.6 is 0 Å². The second kappa shape index (κ2) is 7.99. The van der Waals surface area contributed by atoms with E-state index < -0.39 is 0 Å². The highest BCUT2D eigenvalue weighted by atomic mass is 16.5. The Bertz CT molecular complexity index is 887. The van der Waals surface area contributed by atoms with Crippen LogP contribution < -0.4 is 15.7 Å². The van der Waals surface area contributed by atoms with Crippen LogP contribution in [0.15, 0.2) is 63.8 Å². The average molecular weight is 338 g/mol. The van der Waals surface area contributed by atoms with Gasteiger partial charge in [-0.1, -0.05) is 37.3 Å². The van der Waals surface area contributed by atoms with Gasteiger partial charge in [-0.25, -0.2) is 4.79 Å². The number of quaternary nitrogens is 1. The Morgan fingerprint density at radius 2 is 1.92 bits per heavy atom. The highest BCUT2D eigenvalue weighted by Crippen LogP contribution is 2.22. The van der Waals surface area contributed by atoms with Crippen molar-refractivity contribution in [2.24, 2.45) is 0 Å². The molecule has 4 nitrogen and oxygen atoms in total. The number of fused-ring (bicyclic) bond motifs is 1. The van der Waals surface area contributed by atoms with Gasteiger partial charge >= 0.3 is 5.63 Å². The number of nitrogens with two attached hydrogens (primary N) is 1. The zero-order valence-corrected chi connectivity index (χ0v) is 14.7. The molecule has 1 heterocycles. The SMILES string of the molecule is CC[C@H](C[NH2+]Cc1cc(=O)oc2cc(OC)ccc12)c1ccccc1. The molecule has 3 aromatic rings. The van der Waals surface area contributed by atoms with Crippen molar-refractivity contribution in [1.29, 1.82) is 0 Å². The molecule has 0 aliphatic heterocycles. The van der Waals surface area contributed by atoms with Crippen molar-refractivity contribution in [3.8, 4) is 5.75 Å². The van der Waals surface area contributed by atoms with Gasteiger partial charge in [-0.3, -0.25) is 0 Å². The summed E-state index contributed by atoms with van der Waals surface area (Å²) in [6.07, 6.45) is 1.09. The van der Waals surface area contributed by atoms with Gasteiger partial charge in [0, 0.05) is 29.0 Å². The maximum Gasteiger partial charge on any atom is 0.336 e.